The van der Waals surface area contributed by atoms with Crippen molar-refractivity contribution in [2.75, 3.05) is 31.1 Å². The van der Waals surface area contributed by atoms with Gasteiger partial charge in [0.1, 0.15) is 12.4 Å². The normalized spacial score (nSPS) is 19.6. The molecule has 0 saturated carbocycles. The number of nitrogens with zero attached hydrogens (tertiary/aromatic N) is 3. The van der Waals surface area contributed by atoms with Crippen LogP contribution in [0.5, 0.6) is 5.75 Å². The lowest BCUT2D eigenvalue weighted by atomic mass is 10.1. The van der Waals surface area contributed by atoms with Gasteiger partial charge in [-0.3, -0.25) is 0 Å². The third kappa shape index (κ3) is 3.26. The first-order valence-corrected chi connectivity index (χ1v) is 8.56. The molecule has 0 radical (unpaired) electrons. The third-order valence-electron chi connectivity index (χ3n) is 4.65. The largest absolute Gasteiger partial charge is 0.489 e. The summed E-state index contributed by atoms with van der Waals surface area (Å²) in [6.45, 7) is 3.54. The molecule has 24 heavy (non-hydrogen) atoms. The molecule has 2 aliphatic heterocycles. The number of anilines is 1. The number of hydrogen-bond acceptors (Lipinski definition) is 5. The van der Waals surface area contributed by atoms with Crippen LogP contribution in [-0.2, 0) is 0 Å². The number of rotatable bonds is 5. The molecular formula is C19H22N4O. The molecule has 5 heteroatoms. The standard InChI is InChI=1S/C19H22N4O/c1-2-7-18-16(5-1)11-15(14-24-18)12-20-13-17-6-4-10-23(17)19-8-3-9-21-22-19/h1-3,5,7-9,11,17,20H,4,6,10,12-14H2/t17-/m1/s1. The molecule has 0 bridgehead atoms. The van der Waals surface area contributed by atoms with Gasteiger partial charge in [-0.25, -0.2) is 0 Å². The number of aromatic nitrogens is 2. The van der Waals surface area contributed by atoms with Gasteiger partial charge in [0.15, 0.2) is 5.82 Å². The second-order valence-corrected chi connectivity index (χ2v) is 6.33. The van der Waals surface area contributed by atoms with Crippen LogP contribution in [0, 0.1) is 0 Å². The van der Waals surface area contributed by atoms with E-state index < -0.39 is 0 Å². The second-order valence-electron chi connectivity index (χ2n) is 6.33. The minimum atomic E-state index is 0.485. The van der Waals surface area contributed by atoms with Gasteiger partial charge in [0.05, 0.1) is 0 Å². The molecule has 1 aromatic carbocycles. The van der Waals surface area contributed by atoms with E-state index in [0.29, 0.717) is 12.6 Å². The van der Waals surface area contributed by atoms with Crippen molar-refractivity contribution < 1.29 is 4.74 Å². The van der Waals surface area contributed by atoms with E-state index in [-0.39, 0.29) is 0 Å². The third-order valence-corrected chi connectivity index (χ3v) is 4.65. The monoisotopic (exact) mass is 322 g/mol. The van der Waals surface area contributed by atoms with Crippen molar-refractivity contribution in [1.29, 1.82) is 0 Å². The molecule has 5 nitrogen and oxygen atoms in total. The summed E-state index contributed by atoms with van der Waals surface area (Å²) in [6.07, 6.45) is 6.37. The molecule has 0 unspecified atom stereocenters. The average molecular weight is 322 g/mol. The molecule has 0 amide bonds. The molecular weight excluding hydrogens is 300 g/mol. The summed E-state index contributed by atoms with van der Waals surface area (Å²) in [4.78, 5) is 2.36. The SMILES string of the molecule is C1=C(CNC[C@H]2CCCN2c2cccnn2)COc2ccccc21. The Kier molecular flexibility index (Phi) is 4.42. The summed E-state index contributed by atoms with van der Waals surface area (Å²) >= 11 is 0. The lowest BCUT2D eigenvalue weighted by Gasteiger charge is -2.26. The number of fused-ring (bicyclic) bond motifs is 1. The van der Waals surface area contributed by atoms with E-state index in [1.54, 1.807) is 6.20 Å². The topological polar surface area (TPSA) is 50.3 Å². The van der Waals surface area contributed by atoms with Crippen molar-refractivity contribution in [3.8, 4) is 5.75 Å². The smallest absolute Gasteiger partial charge is 0.151 e. The maximum Gasteiger partial charge on any atom is 0.151 e. The van der Waals surface area contributed by atoms with E-state index in [1.807, 2.05) is 30.3 Å². The van der Waals surface area contributed by atoms with E-state index in [0.717, 1.165) is 31.2 Å². The fraction of sp³-hybridized carbons (Fsp3) is 0.368. The van der Waals surface area contributed by atoms with Gasteiger partial charge in [0.2, 0.25) is 0 Å². The average Bonchev–Trinajstić information content (AvgIpc) is 3.11. The molecule has 0 aliphatic carbocycles. The van der Waals surface area contributed by atoms with Crippen LogP contribution in [0.1, 0.15) is 18.4 Å². The van der Waals surface area contributed by atoms with Crippen LogP contribution in [0.15, 0.2) is 48.2 Å². The van der Waals surface area contributed by atoms with Gasteiger partial charge in [-0.15, -0.1) is 5.10 Å². The molecule has 1 N–H and O–H groups in total. The van der Waals surface area contributed by atoms with Crippen LogP contribution < -0.4 is 15.0 Å². The number of ether oxygens (including phenoxy) is 1. The van der Waals surface area contributed by atoms with Crippen molar-refractivity contribution in [2.24, 2.45) is 0 Å². The summed E-state index contributed by atoms with van der Waals surface area (Å²) in [7, 11) is 0. The predicted molar refractivity (Wildman–Crippen MR) is 95.2 cm³/mol. The number of para-hydroxylation sites is 1. The van der Waals surface area contributed by atoms with Gasteiger partial charge in [0, 0.05) is 37.4 Å². The van der Waals surface area contributed by atoms with Crippen LogP contribution in [0.4, 0.5) is 5.82 Å². The fourth-order valence-electron chi connectivity index (χ4n) is 3.46. The minimum absolute atomic E-state index is 0.485. The van der Waals surface area contributed by atoms with E-state index in [2.05, 4.69) is 32.6 Å². The van der Waals surface area contributed by atoms with E-state index >= 15 is 0 Å². The van der Waals surface area contributed by atoms with Crippen LogP contribution in [0.25, 0.3) is 6.08 Å². The highest BCUT2D eigenvalue weighted by Gasteiger charge is 2.25. The number of benzene rings is 1. The Morgan fingerprint density at radius 2 is 2.17 bits per heavy atom. The summed E-state index contributed by atoms with van der Waals surface area (Å²) < 4.78 is 5.81. The molecule has 4 rings (SSSR count). The predicted octanol–water partition coefficient (Wildman–Crippen LogP) is 2.51. The maximum absolute atomic E-state index is 5.81. The van der Waals surface area contributed by atoms with Crippen LogP contribution in [0.3, 0.4) is 0 Å². The van der Waals surface area contributed by atoms with Gasteiger partial charge < -0.3 is 15.0 Å². The Morgan fingerprint density at radius 3 is 3.08 bits per heavy atom. The Balaban J connectivity index is 1.34. The molecule has 1 atom stereocenters. The van der Waals surface area contributed by atoms with Crippen molar-refractivity contribution in [2.45, 2.75) is 18.9 Å². The molecule has 3 heterocycles. The lowest BCUT2D eigenvalue weighted by Crippen LogP contribution is -2.39. The number of hydrogen-bond donors (Lipinski definition) is 1. The number of nitrogens with one attached hydrogen (secondary N) is 1. The van der Waals surface area contributed by atoms with Crippen molar-refractivity contribution in [3.63, 3.8) is 0 Å². The highest BCUT2D eigenvalue weighted by Crippen LogP contribution is 2.26. The zero-order valence-corrected chi connectivity index (χ0v) is 13.7. The lowest BCUT2D eigenvalue weighted by molar-refractivity contribution is 0.342. The van der Waals surface area contributed by atoms with Crippen LogP contribution in [0.2, 0.25) is 0 Å². The highest BCUT2D eigenvalue weighted by molar-refractivity contribution is 5.62. The Morgan fingerprint density at radius 1 is 1.21 bits per heavy atom. The van der Waals surface area contributed by atoms with Crippen LogP contribution in [-0.4, -0.2) is 42.5 Å². The molecule has 124 valence electrons. The quantitative estimate of drug-likeness (QED) is 0.917. The summed E-state index contributed by atoms with van der Waals surface area (Å²) in [5.74, 6) is 1.96. The molecule has 1 aromatic heterocycles. The van der Waals surface area contributed by atoms with E-state index in [9.17, 15) is 0 Å². The van der Waals surface area contributed by atoms with Gasteiger partial charge in [-0.2, -0.15) is 5.10 Å². The van der Waals surface area contributed by atoms with E-state index in [1.165, 1.54) is 24.0 Å². The van der Waals surface area contributed by atoms with Gasteiger partial charge in [-0.1, -0.05) is 18.2 Å². The minimum Gasteiger partial charge on any atom is -0.489 e. The van der Waals surface area contributed by atoms with Gasteiger partial charge >= 0.3 is 0 Å². The van der Waals surface area contributed by atoms with Gasteiger partial charge in [-0.05, 0) is 42.7 Å². The zero-order chi connectivity index (χ0) is 16.2. The summed E-state index contributed by atoms with van der Waals surface area (Å²) in [5.41, 5.74) is 2.46. The first-order valence-electron chi connectivity index (χ1n) is 8.56. The van der Waals surface area contributed by atoms with Crippen molar-refractivity contribution >= 4 is 11.9 Å². The van der Waals surface area contributed by atoms with Gasteiger partial charge in [0.25, 0.3) is 0 Å². The maximum atomic E-state index is 5.81. The molecule has 2 aromatic rings. The van der Waals surface area contributed by atoms with Crippen molar-refractivity contribution in [1.82, 2.24) is 15.5 Å². The Hall–Kier alpha value is -2.40. The zero-order valence-electron chi connectivity index (χ0n) is 13.7. The summed E-state index contributed by atoms with van der Waals surface area (Å²) in [6, 6.07) is 12.7. The molecule has 1 fully saturated rings. The fourth-order valence-corrected chi connectivity index (χ4v) is 3.46. The Bertz CT molecular complexity index is 716. The molecule has 1 saturated heterocycles. The highest BCUT2D eigenvalue weighted by atomic mass is 16.5. The first-order chi connectivity index (χ1) is 11.9. The second kappa shape index (κ2) is 7.01. The van der Waals surface area contributed by atoms with E-state index in [4.69, 9.17) is 4.74 Å². The van der Waals surface area contributed by atoms with Crippen molar-refractivity contribution in [3.05, 3.63) is 53.7 Å². The molecule has 2 aliphatic rings. The summed E-state index contributed by atoms with van der Waals surface area (Å²) in [5, 5.41) is 11.8. The Labute approximate surface area is 142 Å². The molecule has 0 spiro atoms. The first kappa shape index (κ1) is 15.1. The van der Waals surface area contributed by atoms with Crippen LogP contribution >= 0.6 is 0 Å².